The first-order valence-electron chi connectivity index (χ1n) is 6.65. The summed E-state index contributed by atoms with van der Waals surface area (Å²) in [6.07, 6.45) is 2.83. The highest BCUT2D eigenvalue weighted by atomic mass is 16.5. The van der Waals surface area contributed by atoms with Crippen molar-refractivity contribution in [3.63, 3.8) is 0 Å². The van der Waals surface area contributed by atoms with Gasteiger partial charge in [0, 0.05) is 27.3 Å². The van der Waals surface area contributed by atoms with Crippen molar-refractivity contribution in [3.05, 3.63) is 35.4 Å². The number of ether oxygens (including phenoxy) is 2. The normalized spacial score (nSPS) is 16.8. The van der Waals surface area contributed by atoms with Gasteiger partial charge in [-0.05, 0) is 29.9 Å². The molecule has 3 nitrogen and oxygen atoms in total. The van der Waals surface area contributed by atoms with Gasteiger partial charge >= 0.3 is 0 Å². The molecule has 0 aliphatic heterocycles. The van der Waals surface area contributed by atoms with Crippen molar-refractivity contribution >= 4 is 0 Å². The molecule has 1 aromatic rings. The van der Waals surface area contributed by atoms with Crippen molar-refractivity contribution in [1.29, 1.82) is 0 Å². The Morgan fingerprint density at radius 2 is 2.06 bits per heavy atom. The van der Waals surface area contributed by atoms with Crippen LogP contribution in [0, 0.1) is 0 Å². The van der Waals surface area contributed by atoms with Gasteiger partial charge in [-0.2, -0.15) is 0 Å². The molecule has 100 valence electrons. The van der Waals surface area contributed by atoms with Gasteiger partial charge in [-0.1, -0.05) is 24.3 Å². The molecule has 0 radical (unpaired) electrons. The van der Waals surface area contributed by atoms with Gasteiger partial charge < -0.3 is 14.8 Å². The fraction of sp³-hybridized carbons (Fsp3) is 0.600. The van der Waals surface area contributed by atoms with E-state index in [2.05, 4.69) is 29.6 Å². The zero-order valence-electron chi connectivity index (χ0n) is 11.3. The first-order valence-corrected chi connectivity index (χ1v) is 6.65. The van der Waals surface area contributed by atoms with E-state index in [-0.39, 0.29) is 6.10 Å². The van der Waals surface area contributed by atoms with Crippen LogP contribution in [0.3, 0.4) is 0 Å². The summed E-state index contributed by atoms with van der Waals surface area (Å²) in [5.41, 5.74) is 2.94. The predicted octanol–water partition coefficient (Wildman–Crippen LogP) is 2.32. The highest BCUT2D eigenvalue weighted by molar-refractivity contribution is 5.33. The highest BCUT2D eigenvalue weighted by Crippen LogP contribution is 2.41. The zero-order chi connectivity index (χ0) is 12.8. The second-order valence-corrected chi connectivity index (χ2v) is 4.92. The van der Waals surface area contributed by atoms with Crippen molar-refractivity contribution in [1.82, 2.24) is 5.32 Å². The Morgan fingerprint density at radius 1 is 1.28 bits per heavy atom. The molecule has 2 rings (SSSR count). The summed E-state index contributed by atoms with van der Waals surface area (Å²) >= 11 is 0. The minimum atomic E-state index is 0.128. The van der Waals surface area contributed by atoms with E-state index in [1.54, 1.807) is 14.2 Å². The minimum Gasteiger partial charge on any atom is -0.382 e. The molecule has 0 aromatic heterocycles. The molecule has 1 saturated carbocycles. The molecular formula is C15H23NO2. The monoisotopic (exact) mass is 249 g/mol. The zero-order valence-corrected chi connectivity index (χ0v) is 11.3. The Morgan fingerprint density at radius 3 is 2.72 bits per heavy atom. The van der Waals surface area contributed by atoms with Crippen LogP contribution in [0.5, 0.6) is 0 Å². The lowest BCUT2D eigenvalue weighted by Crippen LogP contribution is -2.31. The van der Waals surface area contributed by atoms with E-state index in [9.17, 15) is 0 Å². The second kappa shape index (κ2) is 6.88. The summed E-state index contributed by atoms with van der Waals surface area (Å²) in [6.45, 7) is 2.37. The van der Waals surface area contributed by atoms with Gasteiger partial charge in [-0.3, -0.25) is 0 Å². The van der Waals surface area contributed by atoms with E-state index in [1.807, 2.05) is 0 Å². The number of benzene rings is 1. The fourth-order valence-electron chi connectivity index (χ4n) is 2.25. The Labute approximate surface area is 109 Å². The molecule has 0 saturated heterocycles. The number of rotatable bonds is 8. The molecule has 0 spiro atoms. The third-order valence-electron chi connectivity index (χ3n) is 3.45. The Balaban J connectivity index is 1.82. The van der Waals surface area contributed by atoms with Crippen LogP contribution in [0.2, 0.25) is 0 Å². The van der Waals surface area contributed by atoms with Gasteiger partial charge in [0.2, 0.25) is 0 Å². The lowest BCUT2D eigenvalue weighted by molar-refractivity contribution is 0.0288. The largest absolute Gasteiger partial charge is 0.382 e. The Bertz CT molecular complexity index is 363. The molecule has 1 atom stereocenters. The van der Waals surface area contributed by atoms with Crippen LogP contribution in [0.15, 0.2) is 24.3 Å². The Kier molecular flexibility index (Phi) is 5.17. The quantitative estimate of drug-likeness (QED) is 0.767. The average Bonchev–Trinajstić information content (AvgIpc) is 3.22. The molecule has 0 heterocycles. The molecule has 1 unspecified atom stereocenters. The topological polar surface area (TPSA) is 30.5 Å². The summed E-state index contributed by atoms with van der Waals surface area (Å²) in [5.74, 6) is 0.806. The minimum absolute atomic E-state index is 0.128. The molecule has 0 amide bonds. The van der Waals surface area contributed by atoms with E-state index >= 15 is 0 Å². The molecule has 3 heteroatoms. The van der Waals surface area contributed by atoms with E-state index in [1.165, 1.54) is 24.0 Å². The first-order chi connectivity index (χ1) is 8.85. The maximum absolute atomic E-state index is 5.33. The van der Waals surface area contributed by atoms with E-state index in [4.69, 9.17) is 9.47 Å². The van der Waals surface area contributed by atoms with E-state index in [0.29, 0.717) is 6.61 Å². The summed E-state index contributed by atoms with van der Waals surface area (Å²) < 4.78 is 10.4. The standard InChI is InChI=1S/C15H23NO2/c1-17-11-14(18-2)10-16-9-13-5-3-4-6-15(13)12-7-8-12/h3-6,12,14,16H,7-11H2,1-2H3. The predicted molar refractivity (Wildman–Crippen MR) is 72.8 cm³/mol. The average molecular weight is 249 g/mol. The summed E-state index contributed by atoms with van der Waals surface area (Å²) in [7, 11) is 3.43. The molecule has 1 fully saturated rings. The summed E-state index contributed by atoms with van der Waals surface area (Å²) in [4.78, 5) is 0. The second-order valence-electron chi connectivity index (χ2n) is 4.92. The first kappa shape index (κ1) is 13.5. The molecule has 0 bridgehead atoms. The number of hydrogen-bond acceptors (Lipinski definition) is 3. The van der Waals surface area contributed by atoms with Crippen LogP contribution >= 0.6 is 0 Å². The lowest BCUT2D eigenvalue weighted by Gasteiger charge is -2.16. The maximum Gasteiger partial charge on any atom is 0.0928 e. The maximum atomic E-state index is 5.33. The van der Waals surface area contributed by atoms with E-state index in [0.717, 1.165) is 19.0 Å². The van der Waals surface area contributed by atoms with Gasteiger partial charge in [0.1, 0.15) is 0 Å². The van der Waals surface area contributed by atoms with Crippen molar-refractivity contribution < 1.29 is 9.47 Å². The molecule has 1 aromatic carbocycles. The van der Waals surface area contributed by atoms with Crippen LogP contribution < -0.4 is 5.32 Å². The third-order valence-corrected chi connectivity index (χ3v) is 3.45. The van der Waals surface area contributed by atoms with Crippen molar-refractivity contribution in [2.45, 2.75) is 31.4 Å². The van der Waals surface area contributed by atoms with Crippen LogP contribution in [0.4, 0.5) is 0 Å². The van der Waals surface area contributed by atoms with Crippen molar-refractivity contribution in [2.75, 3.05) is 27.4 Å². The molecule has 1 aliphatic carbocycles. The van der Waals surface area contributed by atoms with Crippen LogP contribution in [-0.4, -0.2) is 33.5 Å². The SMILES string of the molecule is COCC(CNCc1ccccc1C1CC1)OC. The molecule has 18 heavy (non-hydrogen) atoms. The van der Waals surface area contributed by atoms with Crippen molar-refractivity contribution in [3.8, 4) is 0 Å². The van der Waals surface area contributed by atoms with Crippen LogP contribution in [0.25, 0.3) is 0 Å². The molecule has 1 N–H and O–H groups in total. The van der Waals surface area contributed by atoms with Gasteiger partial charge in [0.25, 0.3) is 0 Å². The number of methoxy groups -OCH3 is 2. The smallest absolute Gasteiger partial charge is 0.0928 e. The van der Waals surface area contributed by atoms with Crippen molar-refractivity contribution in [2.24, 2.45) is 0 Å². The Hall–Kier alpha value is -0.900. The number of nitrogens with one attached hydrogen (secondary N) is 1. The van der Waals surface area contributed by atoms with Gasteiger partial charge in [0.15, 0.2) is 0 Å². The summed E-state index contributed by atoms with van der Waals surface area (Å²) in [6, 6.07) is 8.74. The lowest BCUT2D eigenvalue weighted by atomic mass is 10.0. The summed E-state index contributed by atoms with van der Waals surface area (Å²) in [5, 5.41) is 3.46. The fourth-order valence-corrected chi connectivity index (χ4v) is 2.25. The van der Waals surface area contributed by atoms with Crippen LogP contribution in [0.1, 0.15) is 29.9 Å². The van der Waals surface area contributed by atoms with Gasteiger partial charge in [-0.25, -0.2) is 0 Å². The number of hydrogen-bond donors (Lipinski definition) is 1. The third kappa shape index (κ3) is 3.80. The highest BCUT2D eigenvalue weighted by Gasteiger charge is 2.25. The van der Waals surface area contributed by atoms with Gasteiger partial charge in [-0.15, -0.1) is 0 Å². The van der Waals surface area contributed by atoms with Crippen LogP contribution in [-0.2, 0) is 16.0 Å². The van der Waals surface area contributed by atoms with Gasteiger partial charge in [0.05, 0.1) is 12.7 Å². The molecule has 1 aliphatic rings. The van der Waals surface area contributed by atoms with E-state index < -0.39 is 0 Å². The molecular weight excluding hydrogens is 226 g/mol.